The van der Waals surface area contributed by atoms with E-state index >= 15 is 0 Å². The van der Waals surface area contributed by atoms with E-state index in [1.54, 1.807) is 12.1 Å². The lowest BCUT2D eigenvalue weighted by atomic mass is 9.95. The Morgan fingerprint density at radius 3 is 2.43 bits per heavy atom. The van der Waals surface area contributed by atoms with Crippen molar-refractivity contribution in [2.75, 3.05) is 30.9 Å². The van der Waals surface area contributed by atoms with Gasteiger partial charge in [0.2, 0.25) is 18.6 Å². The molecule has 8 heteroatoms. The molecule has 2 aromatic carbocycles. The first-order valence-electron chi connectivity index (χ1n) is 9.92. The first-order chi connectivity index (χ1) is 14.1. The number of nitrogens with one attached hydrogen (secondary N) is 1. The van der Waals surface area contributed by atoms with Gasteiger partial charge in [-0.05, 0) is 24.8 Å². The number of halogens is 1. The number of nitrogens with two attached hydrogens (primary N) is 1. The second-order valence-corrected chi connectivity index (χ2v) is 7.42. The lowest BCUT2D eigenvalue weighted by Crippen LogP contribution is -2.41. The molecule has 0 saturated carbocycles. The standard InChI is InChI=1S/C22H25N3O4.ClH/c23-17-12-19-20(29-14-28-19)13-18(17)24-22(27)16-8-10-25(11-9-16)21(26)7-6-15-4-2-1-3-5-15;/h1-5,12-13,16H,6-11,14,23H2,(H,24,27);1H. The Labute approximate surface area is 181 Å². The number of rotatable bonds is 5. The second-order valence-electron chi connectivity index (χ2n) is 7.42. The number of benzene rings is 2. The summed E-state index contributed by atoms with van der Waals surface area (Å²) in [6, 6.07) is 13.4. The summed E-state index contributed by atoms with van der Waals surface area (Å²) in [5.41, 5.74) is 8.14. The van der Waals surface area contributed by atoms with Gasteiger partial charge >= 0.3 is 0 Å². The molecule has 7 nitrogen and oxygen atoms in total. The van der Waals surface area contributed by atoms with Crippen molar-refractivity contribution >= 4 is 35.6 Å². The number of hydrogen-bond donors (Lipinski definition) is 2. The van der Waals surface area contributed by atoms with E-state index in [1.165, 1.54) is 0 Å². The average molecular weight is 432 g/mol. The lowest BCUT2D eigenvalue weighted by molar-refractivity contribution is -0.134. The average Bonchev–Trinajstić information content (AvgIpc) is 3.20. The van der Waals surface area contributed by atoms with Crippen LogP contribution in [0.3, 0.4) is 0 Å². The number of anilines is 2. The van der Waals surface area contributed by atoms with E-state index in [1.807, 2.05) is 35.2 Å². The number of nitrogen functional groups attached to an aromatic ring is 1. The number of amides is 2. The normalized spacial score (nSPS) is 15.4. The van der Waals surface area contributed by atoms with Gasteiger partial charge in [-0.15, -0.1) is 12.4 Å². The van der Waals surface area contributed by atoms with Crippen molar-refractivity contribution in [2.24, 2.45) is 5.92 Å². The summed E-state index contributed by atoms with van der Waals surface area (Å²) in [6.45, 7) is 1.35. The maximum Gasteiger partial charge on any atom is 0.231 e. The third-order valence-electron chi connectivity index (χ3n) is 5.49. The van der Waals surface area contributed by atoms with Crippen molar-refractivity contribution < 1.29 is 19.1 Å². The predicted molar refractivity (Wildman–Crippen MR) is 117 cm³/mol. The molecule has 0 aromatic heterocycles. The summed E-state index contributed by atoms with van der Waals surface area (Å²) in [5, 5.41) is 2.90. The van der Waals surface area contributed by atoms with Crippen LogP contribution in [0.25, 0.3) is 0 Å². The highest BCUT2D eigenvalue weighted by molar-refractivity contribution is 5.96. The molecule has 2 heterocycles. The van der Waals surface area contributed by atoms with Crippen LogP contribution >= 0.6 is 12.4 Å². The van der Waals surface area contributed by atoms with Crippen molar-refractivity contribution in [3.05, 3.63) is 48.0 Å². The van der Waals surface area contributed by atoms with Crippen LogP contribution < -0.4 is 20.5 Å². The highest BCUT2D eigenvalue weighted by Gasteiger charge is 2.28. The minimum absolute atomic E-state index is 0. The molecule has 3 N–H and O–H groups in total. The summed E-state index contributed by atoms with van der Waals surface area (Å²) in [6.07, 6.45) is 2.53. The molecule has 2 aromatic rings. The van der Waals surface area contributed by atoms with E-state index < -0.39 is 0 Å². The predicted octanol–water partition coefficient (Wildman–Crippen LogP) is 3.23. The first-order valence-corrected chi connectivity index (χ1v) is 9.92. The topological polar surface area (TPSA) is 93.9 Å². The van der Waals surface area contributed by atoms with Crippen LogP contribution in [-0.2, 0) is 16.0 Å². The quantitative estimate of drug-likeness (QED) is 0.709. The Balaban J connectivity index is 0.00000256. The van der Waals surface area contributed by atoms with E-state index in [-0.39, 0.29) is 36.9 Å². The van der Waals surface area contributed by atoms with Crippen molar-refractivity contribution in [3.63, 3.8) is 0 Å². The van der Waals surface area contributed by atoms with Gasteiger partial charge < -0.3 is 25.4 Å². The van der Waals surface area contributed by atoms with Crippen LogP contribution in [0.5, 0.6) is 11.5 Å². The molecule has 4 rings (SSSR count). The maximum absolute atomic E-state index is 12.7. The summed E-state index contributed by atoms with van der Waals surface area (Å²) in [5.74, 6) is 1.09. The zero-order valence-corrected chi connectivity index (χ0v) is 17.5. The smallest absolute Gasteiger partial charge is 0.231 e. The molecule has 30 heavy (non-hydrogen) atoms. The maximum atomic E-state index is 12.7. The zero-order chi connectivity index (χ0) is 20.2. The molecule has 2 aliphatic rings. The molecule has 0 spiro atoms. The largest absolute Gasteiger partial charge is 0.454 e. The number of carbonyl (C=O) groups is 2. The third-order valence-corrected chi connectivity index (χ3v) is 5.49. The molecule has 160 valence electrons. The number of ether oxygens (including phenoxy) is 2. The SMILES string of the molecule is Cl.Nc1cc2c(cc1NC(=O)C1CCN(C(=O)CCc3ccccc3)CC1)OCO2. The van der Waals surface area contributed by atoms with E-state index in [0.29, 0.717) is 55.2 Å². The summed E-state index contributed by atoms with van der Waals surface area (Å²) >= 11 is 0. The first kappa shape index (κ1) is 21.8. The van der Waals surface area contributed by atoms with Gasteiger partial charge in [-0.3, -0.25) is 9.59 Å². The van der Waals surface area contributed by atoms with E-state index in [4.69, 9.17) is 15.2 Å². The van der Waals surface area contributed by atoms with Gasteiger partial charge in [0.05, 0.1) is 11.4 Å². The van der Waals surface area contributed by atoms with Crippen molar-refractivity contribution in [3.8, 4) is 11.5 Å². The van der Waals surface area contributed by atoms with Crippen LogP contribution in [0.2, 0.25) is 0 Å². The van der Waals surface area contributed by atoms with Gasteiger partial charge in [0.25, 0.3) is 0 Å². The van der Waals surface area contributed by atoms with Crippen LogP contribution in [0.15, 0.2) is 42.5 Å². The number of hydrogen-bond acceptors (Lipinski definition) is 5. The van der Waals surface area contributed by atoms with Crippen LogP contribution in [0.4, 0.5) is 11.4 Å². The van der Waals surface area contributed by atoms with E-state index in [0.717, 1.165) is 12.0 Å². The minimum Gasteiger partial charge on any atom is -0.454 e. The monoisotopic (exact) mass is 431 g/mol. The molecule has 1 saturated heterocycles. The Kier molecular flexibility index (Phi) is 7.05. The van der Waals surface area contributed by atoms with Gasteiger partial charge in [-0.1, -0.05) is 30.3 Å². The van der Waals surface area contributed by atoms with Crippen LogP contribution in [0.1, 0.15) is 24.8 Å². The number of fused-ring (bicyclic) bond motifs is 1. The van der Waals surface area contributed by atoms with Crippen molar-refractivity contribution in [2.45, 2.75) is 25.7 Å². The van der Waals surface area contributed by atoms with Crippen molar-refractivity contribution in [1.29, 1.82) is 0 Å². The van der Waals surface area contributed by atoms with Gasteiger partial charge in [-0.2, -0.15) is 0 Å². The Hall–Kier alpha value is -2.93. The summed E-state index contributed by atoms with van der Waals surface area (Å²) < 4.78 is 10.6. The Morgan fingerprint density at radius 1 is 1.07 bits per heavy atom. The van der Waals surface area contributed by atoms with Gasteiger partial charge in [0.15, 0.2) is 11.5 Å². The Bertz CT molecular complexity index is 899. The molecular formula is C22H26ClN3O4. The Morgan fingerprint density at radius 2 is 1.73 bits per heavy atom. The molecule has 0 bridgehead atoms. The number of aryl methyl sites for hydroxylation is 1. The minimum atomic E-state index is -0.141. The molecule has 0 aliphatic carbocycles. The number of likely N-dealkylation sites (tertiary alicyclic amines) is 1. The highest BCUT2D eigenvalue weighted by atomic mass is 35.5. The van der Waals surface area contributed by atoms with Crippen LogP contribution in [0, 0.1) is 5.92 Å². The van der Waals surface area contributed by atoms with E-state index in [9.17, 15) is 9.59 Å². The second kappa shape index (κ2) is 9.71. The third kappa shape index (κ3) is 4.97. The number of piperidine rings is 1. The van der Waals surface area contributed by atoms with Gasteiger partial charge in [-0.25, -0.2) is 0 Å². The summed E-state index contributed by atoms with van der Waals surface area (Å²) in [4.78, 5) is 27.0. The van der Waals surface area contributed by atoms with E-state index in [2.05, 4.69) is 5.32 Å². The van der Waals surface area contributed by atoms with Crippen molar-refractivity contribution in [1.82, 2.24) is 4.90 Å². The molecule has 1 fully saturated rings. The van der Waals surface area contributed by atoms with Gasteiger partial charge in [0.1, 0.15) is 0 Å². The molecule has 0 radical (unpaired) electrons. The molecule has 2 aliphatic heterocycles. The fourth-order valence-electron chi connectivity index (χ4n) is 3.75. The molecule has 2 amide bonds. The molecule has 0 atom stereocenters. The molecule has 0 unspecified atom stereocenters. The summed E-state index contributed by atoms with van der Waals surface area (Å²) in [7, 11) is 0. The number of nitrogens with zero attached hydrogens (tertiary/aromatic N) is 1. The fraction of sp³-hybridized carbons (Fsp3) is 0.364. The lowest BCUT2D eigenvalue weighted by Gasteiger charge is -2.31. The number of carbonyl (C=O) groups excluding carboxylic acids is 2. The van der Waals surface area contributed by atoms with Crippen LogP contribution in [-0.4, -0.2) is 36.6 Å². The van der Waals surface area contributed by atoms with Gasteiger partial charge in [0, 0.05) is 37.6 Å². The highest BCUT2D eigenvalue weighted by Crippen LogP contribution is 2.38. The zero-order valence-electron chi connectivity index (χ0n) is 16.6. The fourth-order valence-corrected chi connectivity index (χ4v) is 3.75. The molecular weight excluding hydrogens is 406 g/mol.